The van der Waals surface area contributed by atoms with E-state index >= 15 is 0 Å². The van der Waals surface area contributed by atoms with Crippen LogP contribution in [-0.4, -0.2) is 28.9 Å². The molecule has 0 N–H and O–H groups in total. The predicted octanol–water partition coefficient (Wildman–Crippen LogP) is 3.41. The van der Waals surface area contributed by atoms with E-state index in [4.69, 9.17) is 4.74 Å². The summed E-state index contributed by atoms with van der Waals surface area (Å²) in [4.78, 5) is 18.9. The van der Waals surface area contributed by atoms with Crippen LogP contribution in [0.5, 0.6) is 0 Å². The van der Waals surface area contributed by atoms with Crippen LogP contribution in [0.2, 0.25) is 0 Å². The molecule has 0 aliphatic carbocycles. The first kappa shape index (κ1) is 13.6. The number of benzene rings is 1. The molecule has 106 valence electrons. The first-order valence-electron chi connectivity index (χ1n) is 6.87. The lowest BCUT2D eigenvalue weighted by atomic mass is 10.1. The van der Waals surface area contributed by atoms with Gasteiger partial charge in [0.25, 0.3) is 0 Å². The Kier molecular flexibility index (Phi) is 3.54. The Labute approximate surface area is 127 Å². The molecule has 2 heterocycles. The molecule has 0 spiro atoms. The molecule has 0 unspecified atom stereocenters. The zero-order chi connectivity index (χ0) is 14.3. The molecule has 1 saturated heterocycles. The van der Waals surface area contributed by atoms with E-state index in [9.17, 15) is 4.79 Å². The van der Waals surface area contributed by atoms with Crippen molar-refractivity contribution >= 4 is 33.4 Å². The number of aliphatic imine (C=N–C) groups is 1. The number of fused-ring (bicyclic) bond motifs is 2. The van der Waals surface area contributed by atoms with Crippen molar-refractivity contribution in [1.29, 1.82) is 0 Å². The van der Waals surface area contributed by atoms with Gasteiger partial charge in [0.05, 0.1) is 11.8 Å². The monoisotopic (exact) mass is 336 g/mol. The number of esters is 1. The van der Waals surface area contributed by atoms with E-state index in [1.54, 1.807) is 0 Å². The maximum atomic E-state index is 12.2. The Morgan fingerprint density at radius 1 is 1.50 bits per heavy atom. The summed E-state index contributed by atoms with van der Waals surface area (Å²) in [6.07, 6.45) is 1.56. The predicted molar refractivity (Wildman–Crippen MR) is 81.0 cm³/mol. The third-order valence-corrected chi connectivity index (χ3v) is 4.10. The van der Waals surface area contributed by atoms with E-state index in [2.05, 4.69) is 31.9 Å². The number of nitrogens with zero attached hydrogens (tertiary/aromatic N) is 2. The van der Waals surface area contributed by atoms with Crippen LogP contribution < -0.4 is 0 Å². The molecule has 2 aliphatic heterocycles. The van der Waals surface area contributed by atoms with E-state index < -0.39 is 0 Å². The van der Waals surface area contributed by atoms with Gasteiger partial charge in [0.2, 0.25) is 0 Å². The molecule has 20 heavy (non-hydrogen) atoms. The van der Waals surface area contributed by atoms with Crippen LogP contribution in [0.1, 0.15) is 32.3 Å². The van der Waals surface area contributed by atoms with Crippen LogP contribution in [0.4, 0.5) is 5.69 Å². The number of amidine groups is 1. The van der Waals surface area contributed by atoms with Gasteiger partial charge in [-0.25, -0.2) is 9.79 Å². The molecule has 4 nitrogen and oxygen atoms in total. The highest BCUT2D eigenvalue weighted by atomic mass is 79.9. The van der Waals surface area contributed by atoms with Crippen molar-refractivity contribution in [3.8, 4) is 0 Å². The van der Waals surface area contributed by atoms with Gasteiger partial charge in [0.1, 0.15) is 11.9 Å². The van der Waals surface area contributed by atoms with Gasteiger partial charge in [-0.3, -0.25) is 0 Å². The molecule has 0 saturated carbocycles. The Balaban J connectivity index is 1.85. The Morgan fingerprint density at radius 3 is 3.05 bits per heavy atom. The molecular formula is C15H17BrN2O2. The highest BCUT2D eigenvalue weighted by molar-refractivity contribution is 9.10. The normalized spacial score (nSPS) is 20.5. The van der Waals surface area contributed by atoms with Gasteiger partial charge >= 0.3 is 5.97 Å². The molecule has 5 heteroatoms. The molecule has 0 bridgehead atoms. The minimum Gasteiger partial charge on any atom is -0.461 e. The van der Waals surface area contributed by atoms with E-state index in [1.165, 1.54) is 0 Å². The SMILES string of the molecule is CC(C)OC(=O)[C@H]1CCC2=Nc3ccc(Br)cc3CN21. The fourth-order valence-electron chi connectivity index (χ4n) is 2.74. The molecule has 1 fully saturated rings. The average molecular weight is 337 g/mol. The summed E-state index contributed by atoms with van der Waals surface area (Å²) in [5, 5.41) is 0. The fraction of sp³-hybridized carbons (Fsp3) is 0.467. The smallest absolute Gasteiger partial charge is 0.329 e. The molecule has 1 aromatic rings. The lowest BCUT2D eigenvalue weighted by Gasteiger charge is -2.29. The number of ether oxygens (including phenoxy) is 1. The van der Waals surface area contributed by atoms with Crippen molar-refractivity contribution in [2.45, 2.75) is 45.4 Å². The third kappa shape index (κ3) is 2.46. The highest BCUT2D eigenvalue weighted by Crippen LogP contribution is 2.34. The average Bonchev–Trinajstić information content (AvgIpc) is 2.78. The molecule has 0 amide bonds. The molecular weight excluding hydrogens is 320 g/mol. The van der Waals surface area contributed by atoms with Crippen molar-refractivity contribution in [2.24, 2.45) is 4.99 Å². The second kappa shape index (κ2) is 5.20. The number of hydrogen-bond acceptors (Lipinski definition) is 4. The first-order valence-corrected chi connectivity index (χ1v) is 7.67. The summed E-state index contributed by atoms with van der Waals surface area (Å²) in [6, 6.07) is 5.89. The molecule has 3 rings (SSSR count). The highest BCUT2D eigenvalue weighted by Gasteiger charge is 2.38. The second-order valence-corrected chi connectivity index (χ2v) is 6.38. The summed E-state index contributed by atoms with van der Waals surface area (Å²) in [7, 11) is 0. The number of rotatable bonds is 2. The second-order valence-electron chi connectivity index (χ2n) is 5.47. The van der Waals surface area contributed by atoms with Gasteiger partial charge in [-0.15, -0.1) is 0 Å². The topological polar surface area (TPSA) is 41.9 Å². The summed E-state index contributed by atoms with van der Waals surface area (Å²) >= 11 is 3.48. The van der Waals surface area contributed by atoms with Gasteiger partial charge in [-0.05, 0) is 44.0 Å². The molecule has 1 atom stereocenters. The molecule has 1 aromatic carbocycles. The van der Waals surface area contributed by atoms with Crippen LogP contribution in [-0.2, 0) is 16.1 Å². The summed E-state index contributed by atoms with van der Waals surface area (Å²) in [5.74, 6) is 0.870. The quantitative estimate of drug-likeness (QED) is 0.777. The zero-order valence-electron chi connectivity index (χ0n) is 11.6. The van der Waals surface area contributed by atoms with Gasteiger partial charge in [0.15, 0.2) is 0 Å². The lowest BCUT2D eigenvalue weighted by molar-refractivity contribution is -0.152. The minimum absolute atomic E-state index is 0.0743. The van der Waals surface area contributed by atoms with Crippen molar-refractivity contribution in [3.05, 3.63) is 28.2 Å². The van der Waals surface area contributed by atoms with Crippen LogP contribution >= 0.6 is 15.9 Å². The Hall–Kier alpha value is -1.36. The summed E-state index contributed by atoms with van der Waals surface area (Å²) in [5.41, 5.74) is 2.16. The maximum Gasteiger partial charge on any atom is 0.329 e. The first-order chi connectivity index (χ1) is 9.54. The van der Waals surface area contributed by atoms with Crippen LogP contribution in [0.25, 0.3) is 0 Å². The van der Waals surface area contributed by atoms with Gasteiger partial charge < -0.3 is 9.64 Å². The maximum absolute atomic E-state index is 12.2. The summed E-state index contributed by atoms with van der Waals surface area (Å²) in [6.45, 7) is 4.49. The number of halogens is 1. The third-order valence-electron chi connectivity index (χ3n) is 3.60. The zero-order valence-corrected chi connectivity index (χ0v) is 13.2. The summed E-state index contributed by atoms with van der Waals surface area (Å²) < 4.78 is 6.39. The number of carbonyl (C=O) groups is 1. The number of hydrogen-bond donors (Lipinski definition) is 0. The minimum atomic E-state index is -0.191. The van der Waals surface area contributed by atoms with Crippen LogP contribution in [0, 0.1) is 0 Å². The Morgan fingerprint density at radius 2 is 2.30 bits per heavy atom. The fourth-order valence-corrected chi connectivity index (χ4v) is 3.14. The largest absolute Gasteiger partial charge is 0.461 e. The van der Waals surface area contributed by atoms with Crippen molar-refractivity contribution in [1.82, 2.24) is 4.90 Å². The van der Waals surface area contributed by atoms with E-state index in [1.807, 2.05) is 26.0 Å². The molecule has 0 aromatic heterocycles. The molecule has 0 radical (unpaired) electrons. The Bertz CT molecular complexity index is 583. The van der Waals surface area contributed by atoms with Crippen LogP contribution in [0.15, 0.2) is 27.7 Å². The van der Waals surface area contributed by atoms with Crippen molar-refractivity contribution < 1.29 is 9.53 Å². The van der Waals surface area contributed by atoms with E-state index in [0.717, 1.165) is 40.9 Å². The standard InChI is InChI=1S/C15H17BrN2O2/c1-9(2)20-15(19)13-5-6-14-17-12-4-3-11(16)7-10(12)8-18(13)14/h3-4,7,9,13H,5-6,8H2,1-2H3/t13-/m1/s1. The van der Waals surface area contributed by atoms with Gasteiger partial charge in [-0.1, -0.05) is 15.9 Å². The number of carbonyl (C=O) groups excluding carboxylic acids is 1. The van der Waals surface area contributed by atoms with Crippen molar-refractivity contribution in [3.63, 3.8) is 0 Å². The van der Waals surface area contributed by atoms with Crippen molar-refractivity contribution in [2.75, 3.05) is 0 Å². The van der Waals surface area contributed by atoms with Gasteiger partial charge in [0, 0.05) is 17.4 Å². The van der Waals surface area contributed by atoms with E-state index in [-0.39, 0.29) is 18.1 Å². The van der Waals surface area contributed by atoms with Gasteiger partial charge in [-0.2, -0.15) is 0 Å². The van der Waals surface area contributed by atoms with E-state index in [0.29, 0.717) is 0 Å². The van der Waals surface area contributed by atoms with Crippen LogP contribution in [0.3, 0.4) is 0 Å². The lowest BCUT2D eigenvalue weighted by Crippen LogP contribution is -2.41. The molecule has 2 aliphatic rings.